The molecular formula is C13H15N5O4. The van der Waals surface area contributed by atoms with Gasteiger partial charge in [0.15, 0.2) is 6.04 Å². The number of aliphatic imine (C=N–C) groups is 3. The molecule has 0 aliphatic carbocycles. The second-order valence-corrected chi connectivity index (χ2v) is 5.00. The monoisotopic (exact) mass is 305 g/mol. The maximum Gasteiger partial charge on any atom is 0.362 e. The van der Waals surface area contributed by atoms with Crippen LogP contribution >= 0.6 is 0 Å². The molecule has 0 bridgehead atoms. The van der Waals surface area contributed by atoms with Gasteiger partial charge in [-0.05, 0) is 19.8 Å². The fraction of sp³-hybridized carbons (Fsp3) is 0.538. The first kappa shape index (κ1) is 14.4. The van der Waals surface area contributed by atoms with Gasteiger partial charge in [0, 0.05) is 13.1 Å². The number of amides is 2. The molecule has 3 aliphatic rings. The zero-order valence-electron chi connectivity index (χ0n) is 12.0. The number of hydrogen-bond acceptors (Lipinski definition) is 7. The SMILES string of the molecule is CCOC(=O)C1=NC2C(=O)N=C(N3CCCC3)N=C2NC1=O. The van der Waals surface area contributed by atoms with Crippen LogP contribution in [0, 0.1) is 0 Å². The van der Waals surface area contributed by atoms with Crippen molar-refractivity contribution in [3.05, 3.63) is 0 Å². The predicted molar refractivity (Wildman–Crippen MR) is 76.7 cm³/mol. The Balaban J connectivity index is 1.87. The van der Waals surface area contributed by atoms with Crippen molar-refractivity contribution in [1.82, 2.24) is 10.2 Å². The first-order valence-electron chi connectivity index (χ1n) is 7.12. The van der Waals surface area contributed by atoms with Crippen LogP contribution in [-0.2, 0) is 19.1 Å². The number of fused-ring (bicyclic) bond motifs is 1. The summed E-state index contributed by atoms with van der Waals surface area (Å²) in [6.45, 7) is 3.28. The van der Waals surface area contributed by atoms with Crippen molar-refractivity contribution < 1.29 is 19.1 Å². The van der Waals surface area contributed by atoms with Crippen molar-refractivity contribution in [3.63, 3.8) is 0 Å². The van der Waals surface area contributed by atoms with Crippen LogP contribution in [0.2, 0.25) is 0 Å². The smallest absolute Gasteiger partial charge is 0.362 e. The third kappa shape index (κ3) is 2.49. The van der Waals surface area contributed by atoms with Gasteiger partial charge in [-0.1, -0.05) is 0 Å². The summed E-state index contributed by atoms with van der Waals surface area (Å²) >= 11 is 0. The third-order valence-corrected chi connectivity index (χ3v) is 3.50. The molecule has 1 unspecified atom stereocenters. The molecular weight excluding hydrogens is 290 g/mol. The van der Waals surface area contributed by atoms with Crippen LogP contribution in [0.3, 0.4) is 0 Å². The van der Waals surface area contributed by atoms with E-state index in [1.807, 2.05) is 4.90 Å². The minimum absolute atomic E-state index is 0.111. The Morgan fingerprint density at radius 3 is 2.73 bits per heavy atom. The summed E-state index contributed by atoms with van der Waals surface area (Å²) in [6, 6.07) is -1.08. The topological polar surface area (TPSA) is 113 Å². The number of hydrogen-bond donors (Lipinski definition) is 1. The largest absolute Gasteiger partial charge is 0.461 e. The Labute approximate surface area is 126 Å². The van der Waals surface area contributed by atoms with E-state index in [0.717, 1.165) is 25.9 Å². The lowest BCUT2D eigenvalue weighted by Crippen LogP contribution is -2.54. The van der Waals surface area contributed by atoms with Gasteiger partial charge in [-0.25, -0.2) is 4.79 Å². The van der Waals surface area contributed by atoms with Crippen LogP contribution < -0.4 is 5.32 Å². The normalized spacial score (nSPS) is 24.1. The highest BCUT2D eigenvalue weighted by molar-refractivity contribution is 6.66. The maximum atomic E-state index is 12.1. The van der Waals surface area contributed by atoms with E-state index in [1.165, 1.54) is 0 Å². The number of nitrogens with one attached hydrogen (secondary N) is 1. The van der Waals surface area contributed by atoms with Gasteiger partial charge in [0.05, 0.1) is 6.61 Å². The molecule has 0 aromatic heterocycles. The Morgan fingerprint density at radius 2 is 2.05 bits per heavy atom. The van der Waals surface area contributed by atoms with E-state index >= 15 is 0 Å². The molecule has 1 saturated heterocycles. The van der Waals surface area contributed by atoms with Crippen molar-refractivity contribution in [1.29, 1.82) is 0 Å². The highest BCUT2D eigenvalue weighted by Crippen LogP contribution is 2.15. The molecule has 22 heavy (non-hydrogen) atoms. The molecule has 3 heterocycles. The van der Waals surface area contributed by atoms with E-state index in [-0.39, 0.29) is 12.4 Å². The fourth-order valence-electron chi connectivity index (χ4n) is 2.45. The van der Waals surface area contributed by atoms with Gasteiger partial charge in [-0.3, -0.25) is 14.6 Å². The van der Waals surface area contributed by atoms with E-state index in [2.05, 4.69) is 20.3 Å². The average Bonchev–Trinajstić information content (AvgIpc) is 3.00. The van der Waals surface area contributed by atoms with Crippen molar-refractivity contribution in [2.45, 2.75) is 25.8 Å². The molecule has 0 spiro atoms. The second kappa shape index (κ2) is 5.66. The number of carbonyl (C=O) groups is 3. The number of rotatable bonds is 2. The van der Waals surface area contributed by atoms with Crippen LogP contribution in [0.15, 0.2) is 15.0 Å². The first-order chi connectivity index (χ1) is 10.6. The standard InChI is InChI=1S/C13H15N5O4/c1-2-22-12(21)8-11(20)15-9-7(14-8)10(19)17-13(16-9)18-5-3-4-6-18/h7H,2-6H2,1H3,(H,15,16,17,19,20). The maximum absolute atomic E-state index is 12.1. The molecule has 1 fully saturated rings. The number of likely N-dealkylation sites (tertiary alicyclic amines) is 1. The van der Waals surface area contributed by atoms with Crippen LogP contribution in [-0.4, -0.2) is 65.9 Å². The lowest BCUT2D eigenvalue weighted by atomic mass is 10.1. The summed E-state index contributed by atoms with van der Waals surface area (Å²) in [5.74, 6) is -1.72. The first-order valence-corrected chi connectivity index (χ1v) is 7.12. The highest BCUT2D eigenvalue weighted by atomic mass is 16.5. The lowest BCUT2D eigenvalue weighted by Gasteiger charge is -2.25. The predicted octanol–water partition coefficient (Wildman–Crippen LogP) is -1.12. The Kier molecular flexibility index (Phi) is 3.70. The molecule has 0 aromatic rings. The Bertz CT molecular complexity index is 630. The van der Waals surface area contributed by atoms with Crippen molar-refractivity contribution in [3.8, 4) is 0 Å². The van der Waals surface area contributed by atoms with E-state index in [1.54, 1.807) is 6.92 Å². The van der Waals surface area contributed by atoms with Gasteiger partial charge in [0.25, 0.3) is 11.8 Å². The van der Waals surface area contributed by atoms with E-state index in [0.29, 0.717) is 5.96 Å². The summed E-state index contributed by atoms with van der Waals surface area (Å²) < 4.78 is 4.74. The van der Waals surface area contributed by atoms with E-state index in [9.17, 15) is 14.4 Å². The van der Waals surface area contributed by atoms with Gasteiger partial charge in [0.1, 0.15) is 5.84 Å². The summed E-state index contributed by atoms with van der Waals surface area (Å²) in [6.07, 6.45) is 2.03. The number of carbonyl (C=O) groups excluding carboxylic acids is 3. The number of nitrogens with zero attached hydrogens (tertiary/aromatic N) is 4. The summed E-state index contributed by atoms with van der Waals surface area (Å²) in [7, 11) is 0. The Hall–Kier alpha value is -2.58. The Morgan fingerprint density at radius 1 is 1.32 bits per heavy atom. The molecule has 2 amide bonds. The van der Waals surface area contributed by atoms with Gasteiger partial charge >= 0.3 is 5.97 Å². The quantitative estimate of drug-likeness (QED) is 0.649. The zero-order valence-corrected chi connectivity index (χ0v) is 12.0. The minimum Gasteiger partial charge on any atom is -0.461 e. The molecule has 0 aromatic carbocycles. The lowest BCUT2D eigenvalue weighted by molar-refractivity contribution is -0.135. The third-order valence-electron chi connectivity index (χ3n) is 3.50. The van der Waals surface area contributed by atoms with Crippen LogP contribution in [0.1, 0.15) is 19.8 Å². The number of guanidine groups is 1. The number of amidine groups is 1. The van der Waals surface area contributed by atoms with Crippen LogP contribution in [0.4, 0.5) is 0 Å². The number of ether oxygens (including phenoxy) is 1. The van der Waals surface area contributed by atoms with Gasteiger partial charge in [-0.2, -0.15) is 9.98 Å². The van der Waals surface area contributed by atoms with E-state index < -0.39 is 29.5 Å². The van der Waals surface area contributed by atoms with Crippen LogP contribution in [0.5, 0.6) is 0 Å². The van der Waals surface area contributed by atoms with Gasteiger partial charge < -0.3 is 15.0 Å². The van der Waals surface area contributed by atoms with Crippen LogP contribution in [0.25, 0.3) is 0 Å². The van der Waals surface area contributed by atoms with Crippen molar-refractivity contribution in [2.75, 3.05) is 19.7 Å². The van der Waals surface area contributed by atoms with E-state index in [4.69, 9.17) is 4.74 Å². The summed E-state index contributed by atoms with van der Waals surface area (Å²) in [5.41, 5.74) is -0.432. The molecule has 1 N–H and O–H groups in total. The fourth-order valence-corrected chi connectivity index (χ4v) is 2.45. The molecule has 9 nitrogen and oxygen atoms in total. The molecule has 0 saturated carbocycles. The average molecular weight is 305 g/mol. The molecule has 9 heteroatoms. The molecule has 1 atom stereocenters. The number of esters is 1. The molecule has 3 aliphatic heterocycles. The van der Waals surface area contributed by atoms with Gasteiger partial charge in [-0.15, -0.1) is 0 Å². The second-order valence-electron chi connectivity index (χ2n) is 5.00. The van der Waals surface area contributed by atoms with Crippen molar-refractivity contribution in [2.24, 2.45) is 15.0 Å². The zero-order chi connectivity index (χ0) is 15.7. The summed E-state index contributed by atoms with van der Waals surface area (Å²) in [5, 5.41) is 2.44. The van der Waals surface area contributed by atoms with Crippen molar-refractivity contribution >= 4 is 35.3 Å². The van der Waals surface area contributed by atoms with Gasteiger partial charge in [0.2, 0.25) is 11.7 Å². The molecule has 3 rings (SSSR count). The minimum atomic E-state index is -1.08. The highest BCUT2D eigenvalue weighted by Gasteiger charge is 2.39. The summed E-state index contributed by atoms with van der Waals surface area (Å²) in [4.78, 5) is 49.6. The molecule has 0 radical (unpaired) electrons. The molecule has 116 valence electrons.